The molecule has 0 aliphatic heterocycles. The zero-order chi connectivity index (χ0) is 41.1. The van der Waals surface area contributed by atoms with Gasteiger partial charge in [-0.05, 0) is 115 Å². The van der Waals surface area contributed by atoms with Crippen molar-refractivity contribution in [3.05, 3.63) is 229 Å². The van der Waals surface area contributed by atoms with Gasteiger partial charge in [-0.2, -0.15) is 0 Å². The molecule has 13 aromatic rings. The molecule has 0 N–H and O–H groups in total. The predicted octanol–water partition coefficient (Wildman–Crippen LogP) is 18.0. The van der Waals surface area contributed by atoms with E-state index < -0.39 is 0 Å². The Morgan fingerprint density at radius 2 is 0.661 bits per heavy atom. The quantitative estimate of drug-likeness (QED) is 0.161. The highest BCUT2D eigenvalue weighted by atomic mass is 79.9. The molecule has 0 saturated heterocycles. The van der Waals surface area contributed by atoms with Gasteiger partial charge in [-0.25, -0.2) is 0 Å². The number of hydrogen-bond donors (Lipinski definition) is 0. The number of halogens is 1. The Kier molecular flexibility index (Phi) is 8.72. The summed E-state index contributed by atoms with van der Waals surface area (Å²) in [6, 6.07) is 80.2. The normalized spacial score (nSPS) is 11.6. The zero-order valence-electron chi connectivity index (χ0n) is 33.6. The summed E-state index contributed by atoms with van der Waals surface area (Å²) in [7, 11) is 0. The molecule has 0 aliphatic carbocycles. The Labute approximate surface area is 367 Å². The van der Waals surface area contributed by atoms with E-state index >= 15 is 0 Å². The maximum absolute atomic E-state index is 6.87. The number of fused-ring (bicyclic) bond motifs is 11. The SMILES string of the molecule is Brc1c2ccccc2c(-c2ccccc2)c2ccccc12.c1ccc(-c2c3ccccc3c(-c3cc4ccccc4c4c3oc3ccc5ccccc5c34)c3ccccc23)cc1. The molecular formula is C60H37BrO. The Hall–Kier alpha value is -7.52. The molecule has 0 fully saturated rings. The van der Waals surface area contributed by atoms with Crippen molar-refractivity contribution in [3.8, 4) is 33.4 Å². The number of rotatable bonds is 3. The van der Waals surface area contributed by atoms with Crippen molar-refractivity contribution in [2.45, 2.75) is 0 Å². The standard InChI is InChI=1S/C40H24O.C20H13Br/c1-2-13-26(14-3-1)36-30-18-8-10-20-32(30)37(33-21-11-9-19-31(33)36)34-24-27-15-5-7-17-29(27)39-38-28-16-6-4-12-25(28)22-23-35(38)41-40(34)39;21-20-17-12-6-4-10-15(17)19(14-8-2-1-3-9-14)16-11-5-7-13-18(16)20/h1-24H;1-13H. The largest absolute Gasteiger partial charge is 0.455 e. The van der Waals surface area contributed by atoms with Crippen LogP contribution in [0.2, 0.25) is 0 Å². The van der Waals surface area contributed by atoms with E-state index in [0.29, 0.717) is 0 Å². The topological polar surface area (TPSA) is 13.1 Å². The summed E-state index contributed by atoms with van der Waals surface area (Å²) in [6.07, 6.45) is 0. The van der Waals surface area contributed by atoms with Crippen molar-refractivity contribution in [2.24, 2.45) is 0 Å². The van der Waals surface area contributed by atoms with Crippen LogP contribution in [0.3, 0.4) is 0 Å². The molecule has 1 aromatic heterocycles. The minimum absolute atomic E-state index is 0.922. The number of hydrogen-bond acceptors (Lipinski definition) is 1. The third-order valence-corrected chi connectivity index (χ3v) is 13.4. The van der Waals surface area contributed by atoms with Crippen LogP contribution in [-0.2, 0) is 0 Å². The maximum atomic E-state index is 6.87. The van der Waals surface area contributed by atoms with Gasteiger partial charge in [0.1, 0.15) is 11.2 Å². The second-order valence-electron chi connectivity index (χ2n) is 16.0. The monoisotopic (exact) mass is 852 g/mol. The molecule has 0 amide bonds. The van der Waals surface area contributed by atoms with Gasteiger partial charge in [0.05, 0.1) is 0 Å². The van der Waals surface area contributed by atoms with Crippen molar-refractivity contribution in [2.75, 3.05) is 0 Å². The van der Waals surface area contributed by atoms with E-state index in [4.69, 9.17) is 4.42 Å². The highest BCUT2D eigenvalue weighted by Gasteiger charge is 2.23. The van der Waals surface area contributed by atoms with Gasteiger partial charge in [-0.15, -0.1) is 0 Å². The minimum atomic E-state index is 0.922. The minimum Gasteiger partial charge on any atom is -0.455 e. The summed E-state index contributed by atoms with van der Waals surface area (Å²) < 4.78 is 8.04. The fourth-order valence-electron chi connectivity index (χ4n) is 9.90. The van der Waals surface area contributed by atoms with Crippen molar-refractivity contribution >= 4 is 103 Å². The fourth-order valence-corrected chi connectivity index (χ4v) is 10.6. The predicted molar refractivity (Wildman–Crippen MR) is 269 cm³/mol. The molecule has 290 valence electrons. The van der Waals surface area contributed by atoms with Crippen molar-refractivity contribution < 1.29 is 4.42 Å². The Morgan fingerprint density at radius 1 is 0.290 bits per heavy atom. The maximum Gasteiger partial charge on any atom is 0.143 e. The van der Waals surface area contributed by atoms with Gasteiger partial charge in [-0.3, -0.25) is 0 Å². The first-order chi connectivity index (χ1) is 30.7. The molecule has 1 nitrogen and oxygen atoms in total. The lowest BCUT2D eigenvalue weighted by Gasteiger charge is -2.18. The second-order valence-corrected chi connectivity index (χ2v) is 16.8. The molecule has 0 bridgehead atoms. The van der Waals surface area contributed by atoms with E-state index in [1.54, 1.807) is 0 Å². The van der Waals surface area contributed by atoms with Crippen LogP contribution in [0.25, 0.3) is 120 Å². The molecule has 0 radical (unpaired) electrons. The first-order valence-electron chi connectivity index (χ1n) is 21.1. The molecule has 0 atom stereocenters. The van der Waals surface area contributed by atoms with Crippen LogP contribution in [0.1, 0.15) is 0 Å². The molecule has 1 heterocycles. The highest BCUT2D eigenvalue weighted by Crippen LogP contribution is 2.49. The van der Waals surface area contributed by atoms with Crippen LogP contribution in [0.5, 0.6) is 0 Å². The summed E-state index contributed by atoms with van der Waals surface area (Å²) in [4.78, 5) is 0. The summed E-state index contributed by atoms with van der Waals surface area (Å²) in [5, 5.41) is 17.3. The Morgan fingerprint density at radius 3 is 1.16 bits per heavy atom. The zero-order valence-corrected chi connectivity index (χ0v) is 35.2. The fraction of sp³-hybridized carbons (Fsp3) is 0. The highest BCUT2D eigenvalue weighted by molar-refractivity contribution is 9.10. The molecule has 0 aliphatic rings. The number of furan rings is 1. The third kappa shape index (κ3) is 5.75. The van der Waals surface area contributed by atoms with E-state index in [0.717, 1.165) is 16.7 Å². The molecule has 0 unspecified atom stereocenters. The van der Waals surface area contributed by atoms with Gasteiger partial charge in [0.25, 0.3) is 0 Å². The Balaban J connectivity index is 0.000000164. The van der Waals surface area contributed by atoms with Crippen molar-refractivity contribution in [3.63, 3.8) is 0 Å². The van der Waals surface area contributed by atoms with E-state index in [-0.39, 0.29) is 0 Å². The molecule has 12 aromatic carbocycles. The van der Waals surface area contributed by atoms with Gasteiger partial charge in [-0.1, -0.05) is 212 Å². The second kappa shape index (κ2) is 14.9. The van der Waals surface area contributed by atoms with Gasteiger partial charge in [0.2, 0.25) is 0 Å². The molecule has 0 spiro atoms. The van der Waals surface area contributed by atoms with E-state index in [1.807, 2.05) is 0 Å². The van der Waals surface area contributed by atoms with Crippen molar-refractivity contribution in [1.82, 2.24) is 0 Å². The van der Waals surface area contributed by atoms with Crippen LogP contribution in [0.4, 0.5) is 0 Å². The molecule has 2 heteroatoms. The van der Waals surface area contributed by atoms with E-state index in [9.17, 15) is 0 Å². The van der Waals surface area contributed by atoms with E-state index in [2.05, 4.69) is 240 Å². The lowest BCUT2D eigenvalue weighted by Crippen LogP contribution is -1.91. The summed E-state index contributed by atoms with van der Waals surface area (Å²) >= 11 is 3.79. The summed E-state index contributed by atoms with van der Waals surface area (Å²) in [6.45, 7) is 0. The Bertz CT molecular complexity index is 3750. The molecular weight excluding hydrogens is 817 g/mol. The summed E-state index contributed by atoms with van der Waals surface area (Å²) in [5.41, 5.74) is 9.28. The summed E-state index contributed by atoms with van der Waals surface area (Å²) in [5.74, 6) is 0. The third-order valence-electron chi connectivity index (χ3n) is 12.5. The van der Waals surface area contributed by atoms with Gasteiger partial charge < -0.3 is 4.42 Å². The van der Waals surface area contributed by atoms with Crippen LogP contribution >= 0.6 is 15.9 Å². The van der Waals surface area contributed by atoms with Gasteiger partial charge >= 0.3 is 0 Å². The van der Waals surface area contributed by atoms with Crippen LogP contribution < -0.4 is 0 Å². The van der Waals surface area contributed by atoms with Crippen molar-refractivity contribution in [1.29, 1.82) is 0 Å². The molecule has 0 saturated carbocycles. The lowest BCUT2D eigenvalue weighted by atomic mass is 9.85. The first kappa shape index (κ1) is 36.3. The number of benzene rings is 12. The molecule has 13 rings (SSSR count). The van der Waals surface area contributed by atoms with Crippen LogP contribution in [0, 0.1) is 0 Å². The van der Waals surface area contributed by atoms with Gasteiger partial charge in [0, 0.05) is 26.4 Å². The average Bonchev–Trinajstić information content (AvgIpc) is 3.75. The van der Waals surface area contributed by atoms with Gasteiger partial charge in [0.15, 0.2) is 0 Å². The van der Waals surface area contributed by atoms with E-state index in [1.165, 1.54) is 108 Å². The molecule has 62 heavy (non-hydrogen) atoms. The lowest BCUT2D eigenvalue weighted by molar-refractivity contribution is 0.670. The smallest absolute Gasteiger partial charge is 0.143 e. The van der Waals surface area contributed by atoms with Crippen LogP contribution in [0.15, 0.2) is 233 Å². The first-order valence-corrected chi connectivity index (χ1v) is 21.9. The van der Waals surface area contributed by atoms with Crippen LogP contribution in [-0.4, -0.2) is 0 Å². The average molecular weight is 854 g/mol.